The van der Waals surface area contributed by atoms with Crippen molar-refractivity contribution in [1.82, 2.24) is 5.32 Å². The largest absolute Gasteiger partial charge is 0.497 e. The van der Waals surface area contributed by atoms with Gasteiger partial charge in [0.2, 0.25) is 0 Å². The lowest BCUT2D eigenvalue weighted by Crippen LogP contribution is -2.45. The van der Waals surface area contributed by atoms with Gasteiger partial charge in [-0.05, 0) is 30.4 Å². The molecule has 1 aliphatic rings. The van der Waals surface area contributed by atoms with Crippen LogP contribution in [0, 0.1) is 11.8 Å². The van der Waals surface area contributed by atoms with Crippen LogP contribution in [0.1, 0.15) is 33.1 Å². The molecular weight excluding hydrogens is 266 g/mol. The zero-order valence-electron chi connectivity index (χ0n) is 13.1. The second kappa shape index (κ2) is 7.34. The Labute approximate surface area is 126 Å². The highest BCUT2D eigenvalue weighted by atomic mass is 16.5. The number of carbonyl (C=O) groups excluding carboxylic acids is 1. The van der Waals surface area contributed by atoms with Gasteiger partial charge in [0.1, 0.15) is 11.5 Å². The van der Waals surface area contributed by atoms with Gasteiger partial charge in [0.05, 0.1) is 7.11 Å². The molecule has 0 heterocycles. The predicted octanol–water partition coefficient (Wildman–Crippen LogP) is 3.01. The van der Waals surface area contributed by atoms with Gasteiger partial charge < -0.3 is 14.8 Å². The summed E-state index contributed by atoms with van der Waals surface area (Å²) in [5, 5.41) is 3.10. The first-order valence-corrected chi connectivity index (χ1v) is 7.66. The van der Waals surface area contributed by atoms with E-state index in [4.69, 9.17) is 9.47 Å². The van der Waals surface area contributed by atoms with Crippen LogP contribution in [0.2, 0.25) is 0 Å². The maximum absolute atomic E-state index is 12.0. The van der Waals surface area contributed by atoms with E-state index in [9.17, 15) is 4.79 Å². The molecule has 0 radical (unpaired) electrons. The Bertz CT molecular complexity index is 475. The number of carbonyl (C=O) groups is 1. The van der Waals surface area contributed by atoms with Crippen molar-refractivity contribution in [2.75, 3.05) is 13.7 Å². The molecule has 1 aromatic carbocycles. The van der Waals surface area contributed by atoms with Crippen molar-refractivity contribution in [3.05, 3.63) is 24.3 Å². The minimum absolute atomic E-state index is 0.0464. The van der Waals surface area contributed by atoms with E-state index >= 15 is 0 Å². The molecule has 1 aromatic rings. The van der Waals surface area contributed by atoms with Gasteiger partial charge in [-0.25, -0.2) is 0 Å². The van der Waals surface area contributed by atoms with Crippen LogP contribution in [0.4, 0.5) is 0 Å². The Morgan fingerprint density at radius 1 is 1.29 bits per heavy atom. The molecule has 1 saturated carbocycles. The van der Waals surface area contributed by atoms with Gasteiger partial charge in [0, 0.05) is 12.1 Å². The first-order valence-electron chi connectivity index (χ1n) is 7.66. The van der Waals surface area contributed by atoms with Gasteiger partial charge in [-0.2, -0.15) is 0 Å². The van der Waals surface area contributed by atoms with E-state index in [1.165, 1.54) is 12.8 Å². The summed E-state index contributed by atoms with van der Waals surface area (Å²) in [6, 6.07) is 7.56. The van der Waals surface area contributed by atoms with E-state index in [0.717, 1.165) is 12.2 Å². The monoisotopic (exact) mass is 291 g/mol. The third kappa shape index (κ3) is 4.38. The van der Waals surface area contributed by atoms with Gasteiger partial charge in [-0.15, -0.1) is 0 Å². The lowest BCUT2D eigenvalue weighted by Gasteiger charge is -2.34. The molecule has 1 amide bonds. The SMILES string of the molecule is COc1cccc(OCC(=O)NC2CCCC(C)C2C)c1. The minimum Gasteiger partial charge on any atom is -0.497 e. The first-order chi connectivity index (χ1) is 10.1. The number of methoxy groups -OCH3 is 1. The van der Waals surface area contributed by atoms with E-state index in [1.54, 1.807) is 13.2 Å². The number of hydrogen-bond donors (Lipinski definition) is 1. The molecule has 2 rings (SSSR count). The summed E-state index contributed by atoms with van der Waals surface area (Å²) in [7, 11) is 1.61. The molecule has 0 bridgehead atoms. The fourth-order valence-corrected chi connectivity index (χ4v) is 2.87. The molecule has 4 heteroatoms. The van der Waals surface area contributed by atoms with Crippen LogP contribution in [0.25, 0.3) is 0 Å². The Morgan fingerprint density at radius 2 is 2.05 bits per heavy atom. The molecule has 1 aliphatic carbocycles. The molecule has 0 aliphatic heterocycles. The standard InChI is InChI=1S/C17H25NO3/c1-12-6-4-9-16(13(12)2)18-17(19)11-21-15-8-5-7-14(10-15)20-3/h5,7-8,10,12-13,16H,4,6,9,11H2,1-3H3,(H,18,19). The number of hydrogen-bond acceptors (Lipinski definition) is 3. The van der Waals surface area contributed by atoms with Crippen LogP contribution < -0.4 is 14.8 Å². The first kappa shape index (κ1) is 15.7. The minimum atomic E-state index is -0.0521. The summed E-state index contributed by atoms with van der Waals surface area (Å²) in [4.78, 5) is 12.0. The molecule has 21 heavy (non-hydrogen) atoms. The molecule has 0 saturated heterocycles. The second-order valence-electron chi connectivity index (χ2n) is 5.91. The van der Waals surface area contributed by atoms with Crippen molar-refractivity contribution in [2.45, 2.75) is 39.2 Å². The van der Waals surface area contributed by atoms with E-state index in [0.29, 0.717) is 17.6 Å². The van der Waals surface area contributed by atoms with Crippen LogP contribution in [-0.4, -0.2) is 25.7 Å². The van der Waals surface area contributed by atoms with Crippen molar-refractivity contribution in [1.29, 1.82) is 0 Å². The summed E-state index contributed by atoms with van der Waals surface area (Å²) in [6.45, 7) is 4.53. The van der Waals surface area contributed by atoms with Crippen molar-refractivity contribution >= 4 is 5.91 Å². The molecule has 116 valence electrons. The third-order valence-electron chi connectivity index (χ3n) is 4.46. The predicted molar refractivity (Wildman–Crippen MR) is 82.6 cm³/mol. The van der Waals surface area contributed by atoms with Crippen molar-refractivity contribution in [3.8, 4) is 11.5 Å². The quantitative estimate of drug-likeness (QED) is 0.907. The van der Waals surface area contributed by atoms with Crippen LogP contribution in [0.3, 0.4) is 0 Å². The zero-order valence-corrected chi connectivity index (χ0v) is 13.1. The molecule has 4 nitrogen and oxygen atoms in total. The molecule has 0 spiro atoms. The Morgan fingerprint density at radius 3 is 2.81 bits per heavy atom. The lowest BCUT2D eigenvalue weighted by molar-refractivity contribution is -0.124. The maximum Gasteiger partial charge on any atom is 0.258 e. The van der Waals surface area contributed by atoms with Gasteiger partial charge in [-0.1, -0.05) is 32.8 Å². The molecule has 1 fully saturated rings. The average molecular weight is 291 g/mol. The fourth-order valence-electron chi connectivity index (χ4n) is 2.87. The summed E-state index contributed by atoms with van der Waals surface area (Å²) in [6.07, 6.45) is 3.51. The van der Waals surface area contributed by atoms with E-state index < -0.39 is 0 Å². The smallest absolute Gasteiger partial charge is 0.258 e. The summed E-state index contributed by atoms with van der Waals surface area (Å²) in [5.74, 6) is 2.52. The van der Waals surface area contributed by atoms with Gasteiger partial charge >= 0.3 is 0 Å². The van der Waals surface area contributed by atoms with Gasteiger partial charge in [-0.3, -0.25) is 4.79 Å². The number of amides is 1. The molecule has 3 unspecified atom stereocenters. The summed E-state index contributed by atoms with van der Waals surface area (Å²) < 4.78 is 10.7. The van der Waals surface area contributed by atoms with E-state index in [2.05, 4.69) is 19.2 Å². The van der Waals surface area contributed by atoms with Gasteiger partial charge in [0.25, 0.3) is 5.91 Å². The summed E-state index contributed by atoms with van der Waals surface area (Å²) in [5.41, 5.74) is 0. The Kier molecular flexibility index (Phi) is 5.48. The normalized spacial score (nSPS) is 25.2. The summed E-state index contributed by atoms with van der Waals surface area (Å²) >= 11 is 0. The highest BCUT2D eigenvalue weighted by Crippen LogP contribution is 2.29. The second-order valence-corrected chi connectivity index (χ2v) is 5.91. The highest BCUT2D eigenvalue weighted by molar-refractivity contribution is 5.77. The maximum atomic E-state index is 12.0. The number of benzene rings is 1. The van der Waals surface area contributed by atoms with Crippen LogP contribution in [-0.2, 0) is 4.79 Å². The topological polar surface area (TPSA) is 47.6 Å². The van der Waals surface area contributed by atoms with E-state index in [1.807, 2.05) is 18.2 Å². The molecule has 3 atom stereocenters. The lowest BCUT2D eigenvalue weighted by atomic mass is 9.78. The Balaban J connectivity index is 1.81. The third-order valence-corrected chi connectivity index (χ3v) is 4.46. The average Bonchev–Trinajstić information content (AvgIpc) is 2.50. The fraction of sp³-hybridized carbons (Fsp3) is 0.588. The number of ether oxygens (including phenoxy) is 2. The van der Waals surface area contributed by atoms with Crippen molar-refractivity contribution in [2.24, 2.45) is 11.8 Å². The molecular formula is C17H25NO3. The number of nitrogens with one attached hydrogen (secondary N) is 1. The Hall–Kier alpha value is -1.71. The molecule has 0 aromatic heterocycles. The highest BCUT2D eigenvalue weighted by Gasteiger charge is 2.28. The van der Waals surface area contributed by atoms with Crippen molar-refractivity contribution in [3.63, 3.8) is 0 Å². The van der Waals surface area contributed by atoms with Crippen molar-refractivity contribution < 1.29 is 14.3 Å². The van der Waals surface area contributed by atoms with Crippen LogP contribution in [0.15, 0.2) is 24.3 Å². The number of rotatable bonds is 5. The van der Waals surface area contributed by atoms with Crippen LogP contribution in [0.5, 0.6) is 11.5 Å². The van der Waals surface area contributed by atoms with E-state index in [-0.39, 0.29) is 18.6 Å². The van der Waals surface area contributed by atoms with Crippen LogP contribution >= 0.6 is 0 Å². The molecule has 1 N–H and O–H groups in total. The van der Waals surface area contributed by atoms with Gasteiger partial charge in [0.15, 0.2) is 6.61 Å². The zero-order chi connectivity index (χ0) is 15.2.